The largest absolute Gasteiger partial charge is 0.444 e. The number of carbonyl (C=O) groups excluding carboxylic acids is 1. The topological polar surface area (TPSA) is 47.6 Å². The van der Waals surface area contributed by atoms with Crippen molar-refractivity contribution in [3.63, 3.8) is 0 Å². The van der Waals surface area contributed by atoms with Gasteiger partial charge in [0.2, 0.25) is 0 Å². The Morgan fingerprint density at radius 3 is 1.77 bits per heavy atom. The Bertz CT molecular complexity index is 761. The SMILES string of the molecule is CC(C)(C)OC(=O)N[C@@H](CCl)CO[Si](c1ccccc1)(c1ccccc1)C(C)(C)C. The molecule has 0 bridgehead atoms. The first-order valence-corrected chi connectivity index (χ1v) is 12.7. The zero-order valence-corrected chi connectivity index (χ0v) is 20.6. The fraction of sp³-hybridized carbons (Fsp3) is 0.458. The van der Waals surface area contributed by atoms with Gasteiger partial charge >= 0.3 is 6.09 Å². The molecule has 4 nitrogen and oxygen atoms in total. The molecule has 0 saturated heterocycles. The van der Waals surface area contributed by atoms with Crippen molar-refractivity contribution in [3.05, 3.63) is 60.7 Å². The normalized spacial score (nSPS) is 13.6. The second-order valence-corrected chi connectivity index (χ2v) is 14.1. The zero-order chi connectivity index (χ0) is 22.4. The summed E-state index contributed by atoms with van der Waals surface area (Å²) in [6, 6.07) is 20.4. The molecule has 2 aromatic rings. The van der Waals surface area contributed by atoms with Gasteiger partial charge in [-0.3, -0.25) is 0 Å². The van der Waals surface area contributed by atoms with Crippen LogP contribution in [0.3, 0.4) is 0 Å². The number of hydrogen-bond donors (Lipinski definition) is 1. The summed E-state index contributed by atoms with van der Waals surface area (Å²) in [7, 11) is -2.68. The predicted octanol–water partition coefficient (Wildman–Crippen LogP) is 4.70. The summed E-state index contributed by atoms with van der Waals surface area (Å²) in [5, 5.41) is 5.09. The molecule has 0 saturated carbocycles. The third-order valence-electron chi connectivity index (χ3n) is 4.82. The van der Waals surface area contributed by atoms with Crippen LogP contribution in [0, 0.1) is 0 Å². The van der Waals surface area contributed by atoms with E-state index in [0.29, 0.717) is 6.61 Å². The lowest BCUT2D eigenvalue weighted by atomic mass is 10.2. The number of hydrogen-bond acceptors (Lipinski definition) is 3. The van der Waals surface area contributed by atoms with E-state index in [1.807, 2.05) is 57.2 Å². The smallest absolute Gasteiger partial charge is 0.407 e. The molecule has 0 aliphatic heterocycles. The summed E-state index contributed by atoms with van der Waals surface area (Å²) in [4.78, 5) is 12.3. The van der Waals surface area contributed by atoms with Crippen molar-refractivity contribution >= 4 is 36.4 Å². The van der Waals surface area contributed by atoms with Crippen molar-refractivity contribution in [2.45, 2.75) is 58.2 Å². The predicted molar refractivity (Wildman–Crippen MR) is 127 cm³/mol. The second-order valence-electron chi connectivity index (χ2n) is 9.47. The van der Waals surface area contributed by atoms with Gasteiger partial charge in [-0.05, 0) is 36.2 Å². The number of halogens is 1. The monoisotopic (exact) mass is 447 g/mol. The van der Waals surface area contributed by atoms with Gasteiger partial charge in [0, 0.05) is 5.88 Å². The molecular weight excluding hydrogens is 414 g/mol. The maximum Gasteiger partial charge on any atom is 0.407 e. The third kappa shape index (κ3) is 6.09. The van der Waals surface area contributed by atoms with Crippen molar-refractivity contribution in [1.82, 2.24) is 5.32 Å². The molecule has 0 unspecified atom stereocenters. The van der Waals surface area contributed by atoms with E-state index in [1.165, 1.54) is 10.4 Å². The molecule has 0 heterocycles. The molecule has 30 heavy (non-hydrogen) atoms. The molecule has 1 atom stereocenters. The number of amides is 1. The molecule has 0 aliphatic carbocycles. The van der Waals surface area contributed by atoms with Crippen molar-refractivity contribution in [1.29, 1.82) is 0 Å². The maximum atomic E-state index is 12.3. The fourth-order valence-corrected chi connectivity index (χ4v) is 8.36. The maximum absolute atomic E-state index is 12.3. The minimum absolute atomic E-state index is 0.140. The van der Waals surface area contributed by atoms with E-state index in [0.717, 1.165) is 0 Å². The number of ether oxygens (including phenoxy) is 1. The highest BCUT2D eigenvalue weighted by atomic mass is 35.5. The van der Waals surface area contributed by atoms with Gasteiger partial charge in [0.05, 0.1) is 12.6 Å². The lowest BCUT2D eigenvalue weighted by molar-refractivity contribution is 0.0493. The van der Waals surface area contributed by atoms with Gasteiger partial charge in [-0.1, -0.05) is 81.4 Å². The standard InChI is InChI=1S/C24H34ClNO3Si/c1-23(2,3)29-22(27)26-19(17-25)18-28-30(24(4,5)6,20-13-9-7-10-14-20)21-15-11-8-12-16-21/h7-16,19H,17-18H2,1-6H3,(H,26,27)/t19-/m0/s1. The summed E-state index contributed by atoms with van der Waals surface area (Å²) in [5.41, 5.74) is -0.570. The summed E-state index contributed by atoms with van der Waals surface area (Å²) in [5.74, 6) is 0.234. The average molecular weight is 448 g/mol. The molecular formula is C24H34ClNO3Si. The van der Waals surface area contributed by atoms with Gasteiger partial charge < -0.3 is 14.5 Å². The van der Waals surface area contributed by atoms with Crippen LogP contribution in [0.1, 0.15) is 41.5 Å². The van der Waals surface area contributed by atoms with Crippen molar-refractivity contribution in [2.24, 2.45) is 0 Å². The highest BCUT2D eigenvalue weighted by Gasteiger charge is 2.50. The van der Waals surface area contributed by atoms with Crippen LogP contribution in [0.2, 0.25) is 5.04 Å². The Labute approximate surface area is 187 Å². The molecule has 0 spiro atoms. The van der Waals surface area contributed by atoms with E-state index < -0.39 is 20.0 Å². The Hall–Kier alpha value is -1.82. The van der Waals surface area contributed by atoms with Gasteiger partial charge in [-0.15, -0.1) is 11.6 Å². The molecule has 2 aromatic carbocycles. The minimum Gasteiger partial charge on any atom is -0.444 e. The number of benzene rings is 2. The number of carbonyl (C=O) groups is 1. The first-order chi connectivity index (χ1) is 14.0. The lowest BCUT2D eigenvalue weighted by Crippen LogP contribution is -2.67. The van der Waals surface area contributed by atoms with Crippen LogP contribution in [0.25, 0.3) is 0 Å². The number of alkyl carbamates (subject to hydrolysis) is 1. The van der Waals surface area contributed by atoms with Crippen molar-refractivity contribution in [3.8, 4) is 0 Å². The van der Waals surface area contributed by atoms with E-state index in [9.17, 15) is 4.79 Å². The van der Waals surface area contributed by atoms with Gasteiger partial charge in [-0.2, -0.15) is 0 Å². The second kappa shape index (κ2) is 9.99. The Morgan fingerprint density at radius 1 is 0.933 bits per heavy atom. The van der Waals surface area contributed by atoms with E-state index >= 15 is 0 Å². The number of alkyl halides is 1. The van der Waals surface area contributed by atoms with Crippen molar-refractivity contribution < 1.29 is 14.0 Å². The number of rotatable bonds is 7. The van der Waals surface area contributed by atoms with Crippen LogP contribution in [-0.2, 0) is 9.16 Å². The van der Waals surface area contributed by atoms with E-state index in [2.05, 4.69) is 50.4 Å². The Kier molecular flexibility index (Phi) is 8.14. The first-order valence-electron chi connectivity index (χ1n) is 10.3. The summed E-state index contributed by atoms with van der Waals surface area (Å²) in [6.07, 6.45) is -0.487. The fourth-order valence-electron chi connectivity index (χ4n) is 3.59. The van der Waals surface area contributed by atoms with Gasteiger partial charge in [-0.25, -0.2) is 4.79 Å². The van der Waals surface area contributed by atoms with Crippen LogP contribution in [0.15, 0.2) is 60.7 Å². The molecule has 0 aromatic heterocycles. The van der Waals surface area contributed by atoms with Gasteiger partial charge in [0.15, 0.2) is 0 Å². The van der Waals surface area contributed by atoms with Gasteiger partial charge in [0.1, 0.15) is 5.60 Å². The number of nitrogens with one attached hydrogen (secondary N) is 1. The highest BCUT2D eigenvalue weighted by Crippen LogP contribution is 2.36. The molecule has 6 heteroatoms. The summed E-state index contributed by atoms with van der Waals surface area (Å²) >= 11 is 6.18. The van der Waals surface area contributed by atoms with Gasteiger partial charge in [0.25, 0.3) is 8.32 Å². The molecule has 0 radical (unpaired) electrons. The summed E-state index contributed by atoms with van der Waals surface area (Å²) < 4.78 is 12.2. The molecule has 2 rings (SSSR count). The van der Waals surface area contributed by atoms with Crippen LogP contribution < -0.4 is 15.7 Å². The van der Waals surface area contributed by atoms with E-state index in [4.69, 9.17) is 20.8 Å². The van der Waals surface area contributed by atoms with E-state index in [1.54, 1.807) is 0 Å². The van der Waals surface area contributed by atoms with Crippen molar-refractivity contribution in [2.75, 3.05) is 12.5 Å². The highest BCUT2D eigenvalue weighted by molar-refractivity contribution is 6.99. The molecule has 0 fully saturated rings. The van der Waals surface area contributed by atoms with Crippen LogP contribution in [0.4, 0.5) is 4.79 Å². The van der Waals surface area contributed by atoms with Crippen LogP contribution in [-0.4, -0.2) is 38.5 Å². The minimum atomic E-state index is -2.68. The molecule has 1 amide bonds. The molecule has 164 valence electrons. The van der Waals surface area contributed by atoms with Crippen LogP contribution in [0.5, 0.6) is 0 Å². The van der Waals surface area contributed by atoms with Crippen LogP contribution >= 0.6 is 11.6 Å². The molecule has 0 aliphatic rings. The Morgan fingerprint density at radius 2 is 1.40 bits per heavy atom. The van der Waals surface area contributed by atoms with E-state index in [-0.39, 0.29) is 17.0 Å². The Balaban J connectivity index is 2.37. The lowest BCUT2D eigenvalue weighted by Gasteiger charge is -2.43. The average Bonchev–Trinajstić information content (AvgIpc) is 2.66. The summed E-state index contributed by atoms with van der Waals surface area (Å²) in [6.45, 7) is 12.5. The zero-order valence-electron chi connectivity index (χ0n) is 18.9. The third-order valence-corrected chi connectivity index (χ3v) is 10.2. The quantitative estimate of drug-likeness (QED) is 0.494. The molecule has 1 N–H and O–H groups in total. The first kappa shape index (κ1) is 24.4.